The molecule has 0 aliphatic rings. The highest BCUT2D eigenvalue weighted by Gasteiger charge is 2.28. The lowest BCUT2D eigenvalue weighted by Crippen LogP contribution is -2.53. The SMILES string of the molecule is COC(=O)[C@@H](CCS)NC(=O)[C@H](Cc1ccccc1)NC(=O)OC(C)(C)C. The number of thiol groups is 1. The van der Waals surface area contributed by atoms with Crippen molar-refractivity contribution >= 4 is 30.6 Å². The third kappa shape index (κ3) is 8.81. The molecule has 0 heterocycles. The highest BCUT2D eigenvalue weighted by Crippen LogP contribution is 2.09. The second-order valence-corrected chi connectivity index (χ2v) is 7.43. The fourth-order valence-corrected chi connectivity index (χ4v) is 2.56. The molecular weight excluding hydrogens is 368 g/mol. The summed E-state index contributed by atoms with van der Waals surface area (Å²) in [6, 6.07) is 7.50. The van der Waals surface area contributed by atoms with E-state index >= 15 is 0 Å². The Bertz CT molecular complexity index is 631. The molecular formula is C19H28N2O5S. The molecule has 0 saturated heterocycles. The van der Waals surface area contributed by atoms with Gasteiger partial charge in [0.15, 0.2) is 0 Å². The summed E-state index contributed by atoms with van der Waals surface area (Å²) in [4.78, 5) is 36.7. The molecule has 1 aromatic carbocycles. The van der Waals surface area contributed by atoms with Gasteiger partial charge in [0.1, 0.15) is 17.7 Å². The van der Waals surface area contributed by atoms with Crippen molar-refractivity contribution in [3.63, 3.8) is 0 Å². The first-order valence-corrected chi connectivity index (χ1v) is 9.32. The van der Waals surface area contributed by atoms with Gasteiger partial charge in [-0.25, -0.2) is 9.59 Å². The number of esters is 1. The third-order valence-electron chi connectivity index (χ3n) is 3.51. The second-order valence-electron chi connectivity index (χ2n) is 6.99. The Kier molecular flexibility index (Phi) is 9.14. The first kappa shape index (κ1) is 22.8. The van der Waals surface area contributed by atoms with Crippen LogP contribution in [0.5, 0.6) is 0 Å². The van der Waals surface area contributed by atoms with E-state index in [4.69, 9.17) is 9.47 Å². The average molecular weight is 397 g/mol. The van der Waals surface area contributed by atoms with Crippen LogP contribution in [0.3, 0.4) is 0 Å². The Morgan fingerprint density at radius 1 is 1.07 bits per heavy atom. The molecule has 2 atom stereocenters. The Hall–Kier alpha value is -2.22. The number of ether oxygens (including phenoxy) is 2. The van der Waals surface area contributed by atoms with E-state index in [2.05, 4.69) is 23.3 Å². The van der Waals surface area contributed by atoms with E-state index in [9.17, 15) is 14.4 Å². The molecule has 0 aliphatic carbocycles. The molecule has 2 N–H and O–H groups in total. The largest absolute Gasteiger partial charge is 0.467 e. The number of methoxy groups -OCH3 is 1. The molecule has 150 valence electrons. The van der Waals surface area contributed by atoms with Gasteiger partial charge in [0.2, 0.25) is 5.91 Å². The Morgan fingerprint density at radius 3 is 2.22 bits per heavy atom. The van der Waals surface area contributed by atoms with Crippen molar-refractivity contribution in [2.24, 2.45) is 0 Å². The molecule has 0 fully saturated rings. The van der Waals surface area contributed by atoms with Crippen LogP contribution >= 0.6 is 12.6 Å². The van der Waals surface area contributed by atoms with Crippen molar-refractivity contribution in [3.8, 4) is 0 Å². The number of hydrogen-bond donors (Lipinski definition) is 3. The van der Waals surface area contributed by atoms with Crippen LogP contribution in [0.15, 0.2) is 30.3 Å². The maximum absolute atomic E-state index is 12.7. The summed E-state index contributed by atoms with van der Waals surface area (Å²) in [5.74, 6) is -0.668. The van der Waals surface area contributed by atoms with Crippen LogP contribution in [0.25, 0.3) is 0 Å². The van der Waals surface area contributed by atoms with Gasteiger partial charge in [-0.3, -0.25) is 4.79 Å². The minimum Gasteiger partial charge on any atom is -0.467 e. The smallest absolute Gasteiger partial charge is 0.408 e. The Labute approximate surface area is 165 Å². The van der Waals surface area contributed by atoms with Gasteiger partial charge in [-0.05, 0) is 38.5 Å². The number of carbonyl (C=O) groups excluding carboxylic acids is 3. The molecule has 0 bridgehead atoms. The summed E-state index contributed by atoms with van der Waals surface area (Å²) in [5.41, 5.74) is 0.163. The predicted molar refractivity (Wildman–Crippen MR) is 106 cm³/mol. The minimum absolute atomic E-state index is 0.251. The molecule has 27 heavy (non-hydrogen) atoms. The average Bonchev–Trinajstić information content (AvgIpc) is 2.59. The van der Waals surface area contributed by atoms with Crippen LogP contribution in [-0.4, -0.2) is 48.5 Å². The van der Waals surface area contributed by atoms with Gasteiger partial charge in [-0.15, -0.1) is 0 Å². The number of carbonyl (C=O) groups is 3. The van der Waals surface area contributed by atoms with E-state index in [1.54, 1.807) is 20.8 Å². The molecule has 1 aromatic rings. The number of alkyl carbamates (subject to hydrolysis) is 1. The van der Waals surface area contributed by atoms with Crippen LogP contribution < -0.4 is 10.6 Å². The number of nitrogens with one attached hydrogen (secondary N) is 2. The molecule has 0 aromatic heterocycles. The number of rotatable bonds is 8. The molecule has 0 unspecified atom stereocenters. The van der Waals surface area contributed by atoms with Crippen molar-refractivity contribution in [3.05, 3.63) is 35.9 Å². The molecule has 0 spiro atoms. The van der Waals surface area contributed by atoms with E-state index in [1.807, 2.05) is 30.3 Å². The van der Waals surface area contributed by atoms with Crippen LogP contribution in [0.1, 0.15) is 32.8 Å². The van der Waals surface area contributed by atoms with E-state index in [0.717, 1.165) is 5.56 Å². The zero-order valence-corrected chi connectivity index (χ0v) is 17.0. The minimum atomic E-state index is -0.908. The summed E-state index contributed by atoms with van der Waals surface area (Å²) in [5, 5.41) is 5.21. The molecule has 0 saturated carbocycles. The van der Waals surface area contributed by atoms with Crippen molar-refractivity contribution in [1.29, 1.82) is 0 Å². The summed E-state index contributed by atoms with van der Waals surface area (Å²) in [6.45, 7) is 5.20. The zero-order chi connectivity index (χ0) is 20.4. The lowest BCUT2D eigenvalue weighted by molar-refractivity contribution is -0.145. The highest BCUT2D eigenvalue weighted by atomic mass is 32.1. The van der Waals surface area contributed by atoms with Gasteiger partial charge in [-0.1, -0.05) is 30.3 Å². The third-order valence-corrected chi connectivity index (χ3v) is 3.77. The maximum Gasteiger partial charge on any atom is 0.408 e. The predicted octanol–water partition coefficient (Wildman–Crippen LogP) is 2.10. The first-order valence-electron chi connectivity index (χ1n) is 8.68. The Morgan fingerprint density at radius 2 is 1.70 bits per heavy atom. The van der Waals surface area contributed by atoms with E-state index < -0.39 is 35.7 Å². The maximum atomic E-state index is 12.7. The lowest BCUT2D eigenvalue weighted by Gasteiger charge is -2.24. The molecule has 7 nitrogen and oxygen atoms in total. The van der Waals surface area contributed by atoms with Gasteiger partial charge < -0.3 is 20.1 Å². The van der Waals surface area contributed by atoms with Crippen molar-refractivity contribution < 1.29 is 23.9 Å². The van der Waals surface area contributed by atoms with Crippen molar-refractivity contribution in [1.82, 2.24) is 10.6 Å². The van der Waals surface area contributed by atoms with Crippen LogP contribution in [0.2, 0.25) is 0 Å². The van der Waals surface area contributed by atoms with E-state index in [1.165, 1.54) is 7.11 Å². The summed E-state index contributed by atoms with van der Waals surface area (Å²) in [7, 11) is 1.25. The number of benzene rings is 1. The summed E-state index contributed by atoms with van der Waals surface area (Å²) < 4.78 is 9.95. The molecule has 1 rings (SSSR count). The Balaban J connectivity index is 2.92. The zero-order valence-electron chi connectivity index (χ0n) is 16.2. The number of hydrogen-bond acceptors (Lipinski definition) is 6. The van der Waals surface area contributed by atoms with Gasteiger partial charge in [-0.2, -0.15) is 12.6 Å². The molecule has 0 aliphatic heterocycles. The molecule has 0 radical (unpaired) electrons. The highest BCUT2D eigenvalue weighted by molar-refractivity contribution is 7.80. The fraction of sp³-hybridized carbons (Fsp3) is 0.526. The van der Waals surface area contributed by atoms with E-state index in [-0.39, 0.29) is 6.42 Å². The van der Waals surface area contributed by atoms with Gasteiger partial charge >= 0.3 is 12.1 Å². The lowest BCUT2D eigenvalue weighted by atomic mass is 10.0. The molecule has 8 heteroatoms. The van der Waals surface area contributed by atoms with Gasteiger partial charge in [0.25, 0.3) is 0 Å². The van der Waals surface area contributed by atoms with Crippen LogP contribution in [0, 0.1) is 0 Å². The second kappa shape index (κ2) is 10.8. The quantitative estimate of drug-likeness (QED) is 0.462. The summed E-state index contributed by atoms with van der Waals surface area (Å²) >= 11 is 4.10. The summed E-state index contributed by atoms with van der Waals surface area (Å²) in [6.07, 6.45) is -0.144. The molecule has 2 amide bonds. The van der Waals surface area contributed by atoms with Crippen molar-refractivity contribution in [2.45, 2.75) is 51.3 Å². The van der Waals surface area contributed by atoms with Gasteiger partial charge in [0, 0.05) is 6.42 Å². The topological polar surface area (TPSA) is 93.7 Å². The van der Waals surface area contributed by atoms with Crippen LogP contribution in [0.4, 0.5) is 4.79 Å². The number of amides is 2. The van der Waals surface area contributed by atoms with Crippen molar-refractivity contribution in [2.75, 3.05) is 12.9 Å². The first-order chi connectivity index (χ1) is 12.7. The van der Waals surface area contributed by atoms with E-state index in [0.29, 0.717) is 12.2 Å². The van der Waals surface area contributed by atoms with Crippen LogP contribution in [-0.2, 0) is 25.5 Å². The fourth-order valence-electron chi connectivity index (χ4n) is 2.30. The van der Waals surface area contributed by atoms with Gasteiger partial charge in [0.05, 0.1) is 7.11 Å². The normalized spacial score (nSPS) is 13.2. The standard InChI is InChI=1S/C19H28N2O5S/c1-19(2,3)26-18(24)21-15(12-13-8-6-5-7-9-13)16(22)20-14(10-11-27)17(23)25-4/h5-9,14-15,27H,10-12H2,1-4H3,(H,20,22)(H,21,24)/t14-,15+/m1/s1. The monoisotopic (exact) mass is 396 g/mol.